The number of anilines is 1. The number of ether oxygens (including phenoxy) is 2. The van der Waals surface area contributed by atoms with Crippen molar-refractivity contribution in [1.29, 1.82) is 0 Å². The largest absolute Gasteiger partial charge is 0.491 e. The van der Waals surface area contributed by atoms with Gasteiger partial charge in [0.05, 0.1) is 6.10 Å². The number of hydrogen-bond acceptors (Lipinski definition) is 3. The molecule has 0 spiro atoms. The van der Waals surface area contributed by atoms with E-state index in [1.807, 2.05) is 13.8 Å². The lowest BCUT2D eigenvalue weighted by molar-refractivity contribution is 0.239. The van der Waals surface area contributed by atoms with E-state index in [-0.39, 0.29) is 18.5 Å². The zero-order chi connectivity index (χ0) is 14.5. The molecule has 0 bridgehead atoms. The molecule has 0 heterocycles. The molecule has 4 heteroatoms. The summed E-state index contributed by atoms with van der Waals surface area (Å²) < 4.78 is 24.6. The van der Waals surface area contributed by atoms with Crippen LogP contribution in [0.2, 0.25) is 0 Å². The maximum absolute atomic E-state index is 13.5. The molecule has 0 unspecified atom stereocenters. The van der Waals surface area contributed by atoms with E-state index < -0.39 is 0 Å². The van der Waals surface area contributed by atoms with Crippen molar-refractivity contribution < 1.29 is 13.9 Å². The van der Waals surface area contributed by atoms with Gasteiger partial charge in [0.15, 0.2) is 0 Å². The van der Waals surface area contributed by atoms with Crippen molar-refractivity contribution in [3.63, 3.8) is 0 Å². The van der Waals surface area contributed by atoms with Crippen LogP contribution in [0.4, 0.5) is 10.1 Å². The Hall–Kier alpha value is -2.23. The van der Waals surface area contributed by atoms with Gasteiger partial charge in [0, 0.05) is 29.4 Å². The molecule has 106 valence electrons. The summed E-state index contributed by atoms with van der Waals surface area (Å²) >= 11 is 0. The molecule has 0 aliphatic heterocycles. The van der Waals surface area contributed by atoms with Crippen LogP contribution in [0.3, 0.4) is 0 Å². The summed E-state index contributed by atoms with van der Waals surface area (Å²) in [6.07, 6.45) is 0.0521. The molecule has 20 heavy (non-hydrogen) atoms. The van der Waals surface area contributed by atoms with E-state index in [2.05, 4.69) is 0 Å². The molecule has 0 aromatic heterocycles. The van der Waals surface area contributed by atoms with Crippen LogP contribution in [0.25, 0.3) is 0 Å². The molecule has 2 N–H and O–H groups in total. The number of nitrogen functional groups attached to an aromatic ring is 1. The Morgan fingerprint density at radius 2 is 1.80 bits per heavy atom. The third-order valence-electron chi connectivity index (χ3n) is 2.63. The molecule has 0 saturated heterocycles. The smallest absolute Gasteiger partial charge is 0.129 e. The zero-order valence-electron chi connectivity index (χ0n) is 11.6. The van der Waals surface area contributed by atoms with Crippen molar-refractivity contribution in [3.8, 4) is 11.5 Å². The van der Waals surface area contributed by atoms with Crippen molar-refractivity contribution in [2.75, 3.05) is 5.73 Å². The Labute approximate surface area is 118 Å². The summed E-state index contributed by atoms with van der Waals surface area (Å²) in [5, 5.41) is 0. The molecule has 2 aromatic carbocycles. The van der Waals surface area contributed by atoms with Crippen LogP contribution in [0.5, 0.6) is 11.5 Å². The molecule has 0 radical (unpaired) electrons. The first-order valence-corrected chi connectivity index (χ1v) is 6.48. The van der Waals surface area contributed by atoms with Gasteiger partial charge in [0.25, 0.3) is 0 Å². The molecular formula is C16H18FNO2. The van der Waals surface area contributed by atoms with Crippen molar-refractivity contribution in [2.45, 2.75) is 26.6 Å². The van der Waals surface area contributed by atoms with E-state index >= 15 is 0 Å². The van der Waals surface area contributed by atoms with Gasteiger partial charge in [0.1, 0.15) is 23.9 Å². The molecule has 0 aliphatic carbocycles. The fourth-order valence-electron chi connectivity index (χ4n) is 1.79. The van der Waals surface area contributed by atoms with Crippen LogP contribution in [0.1, 0.15) is 19.4 Å². The van der Waals surface area contributed by atoms with Gasteiger partial charge in [-0.2, -0.15) is 0 Å². The number of rotatable bonds is 5. The van der Waals surface area contributed by atoms with E-state index in [0.717, 1.165) is 0 Å². The number of hydrogen-bond donors (Lipinski definition) is 1. The molecular weight excluding hydrogens is 257 g/mol. The second kappa shape index (κ2) is 6.28. The summed E-state index contributed by atoms with van der Waals surface area (Å²) in [7, 11) is 0. The summed E-state index contributed by atoms with van der Waals surface area (Å²) in [5.41, 5.74) is 6.85. The van der Waals surface area contributed by atoms with Crippen LogP contribution in [0.15, 0.2) is 42.5 Å². The Balaban J connectivity index is 2.09. The normalized spacial score (nSPS) is 10.6. The lowest BCUT2D eigenvalue weighted by Gasteiger charge is -2.13. The van der Waals surface area contributed by atoms with Gasteiger partial charge in [-0.15, -0.1) is 0 Å². The average molecular weight is 275 g/mol. The third-order valence-corrected chi connectivity index (χ3v) is 2.63. The highest BCUT2D eigenvalue weighted by Crippen LogP contribution is 2.26. The van der Waals surface area contributed by atoms with E-state index in [1.165, 1.54) is 6.07 Å². The Bertz CT molecular complexity index is 584. The minimum absolute atomic E-state index is 0.0521. The fraction of sp³-hybridized carbons (Fsp3) is 0.250. The average Bonchev–Trinajstić information content (AvgIpc) is 2.36. The number of halogens is 1. The van der Waals surface area contributed by atoms with E-state index in [4.69, 9.17) is 15.2 Å². The van der Waals surface area contributed by atoms with Gasteiger partial charge < -0.3 is 15.2 Å². The lowest BCUT2D eigenvalue weighted by atomic mass is 10.2. The van der Waals surface area contributed by atoms with Crippen LogP contribution in [-0.4, -0.2) is 6.10 Å². The quantitative estimate of drug-likeness (QED) is 0.845. The predicted molar refractivity (Wildman–Crippen MR) is 77.4 cm³/mol. The van der Waals surface area contributed by atoms with Gasteiger partial charge in [-0.1, -0.05) is 18.2 Å². The monoisotopic (exact) mass is 275 g/mol. The zero-order valence-corrected chi connectivity index (χ0v) is 11.6. The molecule has 0 aliphatic rings. The first-order valence-electron chi connectivity index (χ1n) is 6.48. The highest BCUT2D eigenvalue weighted by atomic mass is 19.1. The lowest BCUT2D eigenvalue weighted by Crippen LogP contribution is -2.06. The molecule has 3 nitrogen and oxygen atoms in total. The van der Waals surface area contributed by atoms with Gasteiger partial charge in [-0.3, -0.25) is 0 Å². The molecule has 2 aromatic rings. The SMILES string of the molecule is CC(C)Oc1cc(N)cc(OCc2ccccc2F)c1. The van der Waals surface area contributed by atoms with E-state index in [1.54, 1.807) is 36.4 Å². The molecule has 2 rings (SSSR count). The van der Waals surface area contributed by atoms with Gasteiger partial charge in [-0.25, -0.2) is 4.39 Å². The van der Waals surface area contributed by atoms with E-state index in [0.29, 0.717) is 22.7 Å². The first kappa shape index (κ1) is 14.2. The summed E-state index contributed by atoms with van der Waals surface area (Å²) in [5.74, 6) is 0.919. The van der Waals surface area contributed by atoms with Crippen molar-refractivity contribution in [3.05, 3.63) is 53.8 Å². The summed E-state index contributed by atoms with van der Waals surface area (Å²) in [6.45, 7) is 4.02. The summed E-state index contributed by atoms with van der Waals surface area (Å²) in [6, 6.07) is 11.7. The van der Waals surface area contributed by atoms with Crippen molar-refractivity contribution >= 4 is 5.69 Å². The molecule has 0 fully saturated rings. The molecule has 0 saturated carbocycles. The standard InChI is InChI=1S/C16H18FNO2/c1-11(2)20-15-8-13(18)7-14(9-15)19-10-12-5-3-4-6-16(12)17/h3-9,11H,10,18H2,1-2H3. The number of nitrogens with two attached hydrogens (primary N) is 1. The second-order valence-corrected chi connectivity index (χ2v) is 4.78. The predicted octanol–water partition coefficient (Wildman–Crippen LogP) is 3.77. The van der Waals surface area contributed by atoms with Gasteiger partial charge in [-0.05, 0) is 19.9 Å². The maximum Gasteiger partial charge on any atom is 0.129 e. The highest BCUT2D eigenvalue weighted by Gasteiger charge is 2.05. The van der Waals surface area contributed by atoms with Crippen molar-refractivity contribution in [1.82, 2.24) is 0 Å². The molecule has 0 amide bonds. The first-order chi connectivity index (χ1) is 9.54. The van der Waals surface area contributed by atoms with Crippen LogP contribution < -0.4 is 15.2 Å². The van der Waals surface area contributed by atoms with Crippen LogP contribution in [-0.2, 0) is 6.61 Å². The van der Waals surface area contributed by atoms with Gasteiger partial charge >= 0.3 is 0 Å². The van der Waals surface area contributed by atoms with Crippen molar-refractivity contribution in [2.24, 2.45) is 0 Å². The topological polar surface area (TPSA) is 44.5 Å². The Kier molecular flexibility index (Phi) is 4.45. The minimum atomic E-state index is -0.282. The maximum atomic E-state index is 13.5. The second-order valence-electron chi connectivity index (χ2n) is 4.78. The van der Waals surface area contributed by atoms with Crippen LogP contribution in [0, 0.1) is 5.82 Å². The third kappa shape index (κ3) is 3.88. The van der Waals surface area contributed by atoms with Gasteiger partial charge in [0.2, 0.25) is 0 Å². The summed E-state index contributed by atoms with van der Waals surface area (Å²) in [4.78, 5) is 0. The van der Waals surface area contributed by atoms with E-state index in [9.17, 15) is 4.39 Å². The highest BCUT2D eigenvalue weighted by molar-refractivity contribution is 5.50. The fourth-order valence-corrected chi connectivity index (χ4v) is 1.79. The Morgan fingerprint density at radius 1 is 1.10 bits per heavy atom. The number of benzene rings is 2. The van der Waals surface area contributed by atoms with Crippen LogP contribution >= 0.6 is 0 Å². The molecule has 0 atom stereocenters. The minimum Gasteiger partial charge on any atom is -0.491 e. The Morgan fingerprint density at radius 3 is 2.50 bits per heavy atom.